The molecule has 0 aromatic heterocycles. The normalized spacial score (nSPS) is 28.3. The number of carbonyl (C=O) groups excluding carboxylic acids is 3. The first-order chi connectivity index (χ1) is 19.9. The summed E-state index contributed by atoms with van der Waals surface area (Å²) in [6.07, 6.45) is 7.21. The third-order valence-electron chi connectivity index (χ3n) is 9.45. The van der Waals surface area contributed by atoms with Gasteiger partial charge in [-0.2, -0.15) is 0 Å². The lowest BCUT2D eigenvalue weighted by molar-refractivity contribution is -0.129. The summed E-state index contributed by atoms with van der Waals surface area (Å²) in [5.41, 5.74) is 2.30. The first kappa shape index (κ1) is 25.6. The van der Waals surface area contributed by atoms with E-state index in [0.717, 1.165) is 19.3 Å². The van der Waals surface area contributed by atoms with E-state index in [1.54, 1.807) is 21.9 Å². The van der Waals surface area contributed by atoms with Gasteiger partial charge in [0.05, 0.1) is 11.4 Å². The highest BCUT2D eigenvalue weighted by Crippen LogP contribution is 2.60. The van der Waals surface area contributed by atoms with Crippen molar-refractivity contribution in [3.05, 3.63) is 78.9 Å². The molecule has 4 bridgehead atoms. The molecule has 210 valence electrons. The second-order valence-electron chi connectivity index (χ2n) is 12.4. The molecule has 3 aromatic carbocycles. The minimum atomic E-state index is -1.44. The first-order valence-electron chi connectivity index (χ1n) is 14.5. The van der Waals surface area contributed by atoms with Gasteiger partial charge < -0.3 is 20.6 Å². The fourth-order valence-electron chi connectivity index (χ4n) is 8.34. The smallest absolute Gasteiger partial charge is 0.320 e. The number of nitrogens with one attached hydrogen (secondary N) is 2. The molecule has 4 aliphatic carbocycles. The zero-order valence-electron chi connectivity index (χ0n) is 22.8. The Morgan fingerprint density at radius 1 is 0.805 bits per heavy atom. The Bertz CT molecular complexity index is 1470. The maximum atomic E-state index is 14.5. The Kier molecular flexibility index (Phi) is 6.21. The Morgan fingerprint density at radius 2 is 1.44 bits per heavy atom. The third kappa shape index (κ3) is 4.71. The van der Waals surface area contributed by atoms with Crippen LogP contribution in [0.3, 0.4) is 0 Å². The van der Waals surface area contributed by atoms with Gasteiger partial charge in [0.2, 0.25) is 0 Å². The van der Waals surface area contributed by atoms with Crippen molar-refractivity contribution >= 4 is 40.6 Å². The SMILES string of the molecule is O=C(Nc1cccc(O)c1)NC1C(=O)N(CC23CC4CC(CC(C4)C2)C3)c2ccccc2N(c2ccccc2)C1=O. The predicted molar refractivity (Wildman–Crippen MR) is 157 cm³/mol. The van der Waals surface area contributed by atoms with Crippen molar-refractivity contribution < 1.29 is 19.5 Å². The number of hydrogen-bond acceptors (Lipinski definition) is 4. The molecular weight excluding hydrogens is 516 g/mol. The van der Waals surface area contributed by atoms with E-state index < -0.39 is 23.9 Å². The quantitative estimate of drug-likeness (QED) is 0.349. The Hall–Kier alpha value is -4.33. The van der Waals surface area contributed by atoms with Crippen LogP contribution in [0.1, 0.15) is 38.5 Å². The summed E-state index contributed by atoms with van der Waals surface area (Å²) >= 11 is 0. The molecule has 5 aliphatic rings. The van der Waals surface area contributed by atoms with Crippen LogP contribution < -0.4 is 20.4 Å². The highest BCUT2D eigenvalue weighted by atomic mass is 16.3. The van der Waals surface area contributed by atoms with E-state index in [0.29, 0.717) is 47.0 Å². The number of phenolic OH excluding ortho intramolecular Hbond substituents is 1. The summed E-state index contributed by atoms with van der Waals surface area (Å²) in [7, 11) is 0. The molecule has 0 spiro atoms. The second kappa shape index (κ2) is 9.94. The van der Waals surface area contributed by atoms with Gasteiger partial charge in [-0.25, -0.2) is 4.79 Å². The van der Waals surface area contributed by atoms with Gasteiger partial charge in [-0.15, -0.1) is 0 Å². The van der Waals surface area contributed by atoms with Crippen LogP contribution in [0.2, 0.25) is 0 Å². The number of aromatic hydroxyl groups is 1. The summed E-state index contributed by atoms with van der Waals surface area (Å²) in [5, 5.41) is 15.2. The average Bonchev–Trinajstić information content (AvgIpc) is 3.02. The predicted octanol–water partition coefficient (Wildman–Crippen LogP) is 5.81. The highest BCUT2D eigenvalue weighted by Gasteiger charge is 2.53. The van der Waals surface area contributed by atoms with Crippen LogP contribution in [0.5, 0.6) is 5.75 Å². The molecular formula is C33H34N4O4. The molecule has 41 heavy (non-hydrogen) atoms. The van der Waals surface area contributed by atoms with Crippen LogP contribution in [0, 0.1) is 23.2 Å². The van der Waals surface area contributed by atoms with Gasteiger partial charge in [0.25, 0.3) is 11.8 Å². The lowest BCUT2D eigenvalue weighted by Crippen LogP contribution is -2.58. The average molecular weight is 551 g/mol. The molecule has 0 radical (unpaired) electrons. The number of anilines is 4. The lowest BCUT2D eigenvalue weighted by atomic mass is 9.49. The van der Waals surface area contributed by atoms with Crippen molar-refractivity contribution in [1.29, 1.82) is 0 Å². The number of benzene rings is 3. The van der Waals surface area contributed by atoms with E-state index in [2.05, 4.69) is 10.6 Å². The molecule has 1 aliphatic heterocycles. The van der Waals surface area contributed by atoms with Gasteiger partial charge in [-0.05, 0) is 98.1 Å². The minimum Gasteiger partial charge on any atom is -0.508 e. The van der Waals surface area contributed by atoms with Crippen LogP contribution in [0.25, 0.3) is 0 Å². The number of rotatable bonds is 5. The maximum Gasteiger partial charge on any atom is 0.320 e. The van der Waals surface area contributed by atoms with E-state index in [-0.39, 0.29) is 11.2 Å². The number of carbonyl (C=O) groups is 3. The number of nitrogens with zero attached hydrogens (tertiary/aromatic N) is 2. The van der Waals surface area contributed by atoms with Gasteiger partial charge in [0.1, 0.15) is 5.75 Å². The third-order valence-corrected chi connectivity index (χ3v) is 9.45. The van der Waals surface area contributed by atoms with Gasteiger partial charge in [-0.1, -0.05) is 36.4 Å². The molecule has 4 fully saturated rings. The Labute approximate surface area is 239 Å². The molecule has 1 atom stereocenters. The van der Waals surface area contributed by atoms with Crippen LogP contribution in [0.4, 0.5) is 27.5 Å². The fourth-order valence-corrected chi connectivity index (χ4v) is 8.34. The Morgan fingerprint density at radius 3 is 2.10 bits per heavy atom. The summed E-state index contributed by atoms with van der Waals surface area (Å²) in [5.74, 6) is 1.18. The number of urea groups is 1. The molecule has 4 amide bonds. The van der Waals surface area contributed by atoms with Crippen molar-refractivity contribution in [3.63, 3.8) is 0 Å². The zero-order chi connectivity index (χ0) is 28.1. The van der Waals surface area contributed by atoms with Crippen LogP contribution in [-0.4, -0.2) is 35.5 Å². The molecule has 1 heterocycles. The first-order valence-corrected chi connectivity index (χ1v) is 14.5. The maximum absolute atomic E-state index is 14.5. The molecule has 3 N–H and O–H groups in total. The molecule has 3 aromatic rings. The molecule has 8 rings (SSSR count). The summed E-state index contributed by atoms with van der Waals surface area (Å²) in [6.45, 7) is 0.536. The minimum absolute atomic E-state index is 0.00290. The zero-order valence-corrected chi connectivity index (χ0v) is 22.8. The number of hydrogen-bond donors (Lipinski definition) is 3. The van der Waals surface area contributed by atoms with Gasteiger partial charge in [-0.3, -0.25) is 14.5 Å². The van der Waals surface area contributed by atoms with E-state index in [4.69, 9.17) is 0 Å². The van der Waals surface area contributed by atoms with E-state index in [9.17, 15) is 19.5 Å². The number of fused-ring (bicyclic) bond motifs is 1. The van der Waals surface area contributed by atoms with Crippen molar-refractivity contribution in [1.82, 2.24) is 5.32 Å². The van der Waals surface area contributed by atoms with Crippen LogP contribution >= 0.6 is 0 Å². The number of phenols is 1. The standard InChI is InChI=1S/C33H34N4O4/c38-26-10-6-7-24(16-26)34-32(41)35-29-30(39)36(20-33-17-21-13-22(18-33)15-23(14-21)19-33)27-11-4-5-12-28(27)37(31(29)40)25-8-2-1-3-9-25/h1-12,16,21-23,29,38H,13-15,17-20H2,(H2,34,35,41). The number of amides is 4. The monoisotopic (exact) mass is 550 g/mol. The van der Waals surface area contributed by atoms with Crippen molar-refractivity contribution in [2.24, 2.45) is 23.2 Å². The van der Waals surface area contributed by atoms with Gasteiger partial charge >= 0.3 is 6.03 Å². The highest BCUT2D eigenvalue weighted by molar-refractivity contribution is 6.24. The largest absolute Gasteiger partial charge is 0.508 e. The van der Waals surface area contributed by atoms with Crippen LogP contribution in [-0.2, 0) is 9.59 Å². The summed E-state index contributed by atoms with van der Waals surface area (Å²) < 4.78 is 0. The Balaban J connectivity index is 1.27. The molecule has 8 nitrogen and oxygen atoms in total. The van der Waals surface area contributed by atoms with Gasteiger partial charge in [0.15, 0.2) is 6.04 Å². The van der Waals surface area contributed by atoms with E-state index >= 15 is 0 Å². The lowest BCUT2D eigenvalue weighted by Gasteiger charge is -2.57. The molecule has 4 saturated carbocycles. The molecule has 8 heteroatoms. The van der Waals surface area contributed by atoms with E-state index in [1.807, 2.05) is 54.6 Å². The topological polar surface area (TPSA) is 102 Å². The molecule has 0 saturated heterocycles. The molecule has 1 unspecified atom stereocenters. The second-order valence-corrected chi connectivity index (χ2v) is 12.4. The summed E-state index contributed by atoms with van der Waals surface area (Å²) in [4.78, 5) is 45.2. The van der Waals surface area contributed by atoms with Gasteiger partial charge in [0, 0.05) is 24.0 Å². The van der Waals surface area contributed by atoms with Crippen molar-refractivity contribution in [3.8, 4) is 5.75 Å². The fraction of sp³-hybridized carbons (Fsp3) is 0.364. The van der Waals surface area contributed by atoms with Crippen LogP contribution in [0.15, 0.2) is 78.9 Å². The van der Waals surface area contributed by atoms with E-state index in [1.165, 1.54) is 31.4 Å². The number of para-hydroxylation sites is 3. The van der Waals surface area contributed by atoms with Crippen molar-refractivity contribution in [2.75, 3.05) is 21.7 Å². The van der Waals surface area contributed by atoms with Crippen molar-refractivity contribution in [2.45, 2.75) is 44.6 Å². The summed E-state index contributed by atoms with van der Waals surface area (Å²) in [6, 6.07) is 20.8.